The lowest BCUT2D eigenvalue weighted by atomic mass is 9.93. The van der Waals surface area contributed by atoms with Gasteiger partial charge in [0.05, 0.1) is 11.6 Å². The molecule has 9 heteroatoms. The van der Waals surface area contributed by atoms with Gasteiger partial charge in [-0.1, -0.05) is 95.9 Å². The van der Waals surface area contributed by atoms with Gasteiger partial charge in [-0.15, -0.1) is 10.2 Å². The maximum Gasteiger partial charge on any atom is 0.301 e. The van der Waals surface area contributed by atoms with E-state index in [1.807, 2.05) is 62.4 Å². The van der Waals surface area contributed by atoms with E-state index in [0.717, 1.165) is 16.7 Å². The molecule has 1 aromatic heterocycles. The molecule has 1 aliphatic heterocycles. The molecule has 202 valence electrons. The number of aliphatic hydroxyl groups excluding tert-OH is 1. The number of Topliss-reactive ketones (excluding diaryl/α,β-unsaturated/α-hetero) is 1. The summed E-state index contributed by atoms with van der Waals surface area (Å²) in [6, 6.07) is 21.8. The van der Waals surface area contributed by atoms with E-state index in [0.29, 0.717) is 33.6 Å². The predicted octanol–water partition coefficient (Wildman–Crippen LogP) is 6.64. The summed E-state index contributed by atoms with van der Waals surface area (Å²) in [5, 5.41) is 20.4. The van der Waals surface area contributed by atoms with Crippen LogP contribution in [0.4, 0.5) is 5.13 Å². The summed E-state index contributed by atoms with van der Waals surface area (Å²) in [7, 11) is 0. The van der Waals surface area contributed by atoms with Gasteiger partial charge in [0, 0.05) is 11.3 Å². The lowest BCUT2D eigenvalue weighted by Gasteiger charge is -2.23. The number of ketones is 1. The third-order valence-corrected chi connectivity index (χ3v) is 8.59. The molecule has 1 unspecified atom stereocenters. The standard InChI is InChI=1S/C31H27N3O4S2/c1-4-16-38-23-14-12-22(13-15-23)26-25(27(35)24-17-19(2)10-11-20(24)3)28(36)29(37)34(26)30-32-33-31(40-30)39-18-21-8-6-5-7-9-21/h4-15,17,26,35H,1,16,18H2,2-3H3. The lowest BCUT2D eigenvalue weighted by Crippen LogP contribution is -2.29. The van der Waals surface area contributed by atoms with Crippen LogP contribution in [-0.4, -0.2) is 33.6 Å². The van der Waals surface area contributed by atoms with Crippen LogP contribution in [0.2, 0.25) is 0 Å². The minimum atomic E-state index is -0.895. The molecule has 1 fully saturated rings. The number of amides is 1. The Morgan fingerprint density at radius 1 is 1.07 bits per heavy atom. The smallest absolute Gasteiger partial charge is 0.301 e. The Kier molecular flexibility index (Phi) is 8.14. The van der Waals surface area contributed by atoms with Crippen LogP contribution < -0.4 is 9.64 Å². The molecule has 4 aromatic rings. The minimum absolute atomic E-state index is 0.00662. The SMILES string of the molecule is C=CCOc1ccc(C2C(=C(O)c3cc(C)ccc3C)C(=O)C(=O)N2c2nnc(SCc3ccccc3)s2)cc1. The summed E-state index contributed by atoms with van der Waals surface area (Å²) in [6.07, 6.45) is 1.65. The summed E-state index contributed by atoms with van der Waals surface area (Å²) in [4.78, 5) is 28.4. The fourth-order valence-corrected chi connectivity index (χ4v) is 6.28. The third-order valence-electron chi connectivity index (χ3n) is 6.46. The molecule has 0 radical (unpaired) electrons. The average Bonchev–Trinajstić information content (AvgIpc) is 3.54. The number of carbonyl (C=O) groups is 2. The number of aliphatic hydroxyl groups is 1. The number of aromatic nitrogens is 2. The van der Waals surface area contributed by atoms with Gasteiger partial charge in [0.15, 0.2) is 4.34 Å². The van der Waals surface area contributed by atoms with Crippen molar-refractivity contribution in [1.82, 2.24) is 10.2 Å². The number of nitrogens with zero attached hydrogens (tertiary/aromatic N) is 3. The zero-order valence-electron chi connectivity index (χ0n) is 22.0. The van der Waals surface area contributed by atoms with Crippen LogP contribution in [0, 0.1) is 13.8 Å². The highest BCUT2D eigenvalue weighted by atomic mass is 32.2. The van der Waals surface area contributed by atoms with E-state index >= 15 is 0 Å². The first-order valence-corrected chi connectivity index (χ1v) is 14.4. The first-order valence-electron chi connectivity index (χ1n) is 12.6. The van der Waals surface area contributed by atoms with Gasteiger partial charge in [-0.25, -0.2) is 0 Å². The maximum atomic E-state index is 13.5. The molecular formula is C31H27N3O4S2. The molecule has 1 aliphatic rings. The number of hydrogen-bond acceptors (Lipinski definition) is 8. The highest BCUT2D eigenvalue weighted by Crippen LogP contribution is 2.44. The Labute approximate surface area is 240 Å². The molecule has 1 atom stereocenters. The van der Waals surface area contributed by atoms with Crippen LogP contribution in [0.1, 0.15) is 33.9 Å². The molecule has 0 bridgehead atoms. The van der Waals surface area contributed by atoms with Crippen molar-refractivity contribution in [2.75, 3.05) is 11.5 Å². The largest absolute Gasteiger partial charge is 0.507 e. The van der Waals surface area contributed by atoms with Crippen LogP contribution in [0.15, 0.2) is 95.4 Å². The van der Waals surface area contributed by atoms with Gasteiger partial charge < -0.3 is 9.84 Å². The zero-order chi connectivity index (χ0) is 28.2. The monoisotopic (exact) mass is 569 g/mol. The summed E-state index contributed by atoms with van der Waals surface area (Å²) < 4.78 is 6.28. The molecule has 2 heterocycles. The molecule has 7 nitrogen and oxygen atoms in total. The van der Waals surface area contributed by atoms with E-state index in [9.17, 15) is 14.7 Å². The Balaban J connectivity index is 1.56. The van der Waals surface area contributed by atoms with E-state index in [-0.39, 0.29) is 16.5 Å². The number of ether oxygens (including phenoxy) is 1. The second kappa shape index (κ2) is 11.9. The number of thioether (sulfide) groups is 1. The topological polar surface area (TPSA) is 92.6 Å². The van der Waals surface area contributed by atoms with Crippen LogP contribution in [0.25, 0.3) is 5.76 Å². The van der Waals surface area contributed by atoms with Gasteiger partial charge in [0.1, 0.15) is 18.1 Å². The van der Waals surface area contributed by atoms with Crippen LogP contribution >= 0.6 is 23.1 Å². The van der Waals surface area contributed by atoms with Crippen molar-refractivity contribution in [2.45, 2.75) is 30.0 Å². The Morgan fingerprint density at radius 3 is 2.55 bits per heavy atom. The molecule has 1 N–H and O–H groups in total. The van der Waals surface area contributed by atoms with Crippen molar-refractivity contribution in [3.63, 3.8) is 0 Å². The van der Waals surface area contributed by atoms with Crippen LogP contribution in [0.5, 0.6) is 5.75 Å². The molecule has 5 rings (SSSR count). The molecule has 1 amide bonds. The number of aryl methyl sites for hydroxylation is 2. The van der Waals surface area contributed by atoms with E-state index in [1.54, 1.807) is 30.3 Å². The Bertz CT molecular complexity index is 1600. The molecular weight excluding hydrogens is 542 g/mol. The summed E-state index contributed by atoms with van der Waals surface area (Å²) in [5.41, 5.74) is 3.99. The minimum Gasteiger partial charge on any atom is -0.507 e. The average molecular weight is 570 g/mol. The zero-order valence-corrected chi connectivity index (χ0v) is 23.7. The fraction of sp³-hybridized carbons (Fsp3) is 0.161. The number of benzene rings is 3. The molecule has 0 spiro atoms. The Hall–Kier alpha value is -4.21. The van der Waals surface area contributed by atoms with Gasteiger partial charge >= 0.3 is 5.91 Å². The predicted molar refractivity (Wildman–Crippen MR) is 159 cm³/mol. The first kappa shape index (κ1) is 27.4. The van der Waals surface area contributed by atoms with Gasteiger partial charge in [-0.3, -0.25) is 14.5 Å². The lowest BCUT2D eigenvalue weighted by molar-refractivity contribution is -0.132. The normalized spacial score (nSPS) is 16.4. The van der Waals surface area contributed by atoms with Crippen molar-refractivity contribution in [3.8, 4) is 5.75 Å². The van der Waals surface area contributed by atoms with Crippen LogP contribution in [0.3, 0.4) is 0 Å². The van der Waals surface area contributed by atoms with Crippen molar-refractivity contribution in [1.29, 1.82) is 0 Å². The van der Waals surface area contributed by atoms with Gasteiger partial charge in [0.25, 0.3) is 5.78 Å². The Morgan fingerprint density at radius 2 is 1.82 bits per heavy atom. The van der Waals surface area contributed by atoms with E-state index in [1.165, 1.54) is 28.0 Å². The molecule has 3 aromatic carbocycles. The van der Waals surface area contributed by atoms with Crippen molar-refractivity contribution >= 4 is 45.7 Å². The summed E-state index contributed by atoms with van der Waals surface area (Å²) in [5.74, 6) is -0.451. The van der Waals surface area contributed by atoms with Crippen molar-refractivity contribution in [3.05, 3.63) is 119 Å². The number of rotatable bonds is 9. The highest BCUT2D eigenvalue weighted by molar-refractivity contribution is 8.00. The summed E-state index contributed by atoms with van der Waals surface area (Å²) in [6.45, 7) is 7.77. The van der Waals surface area contributed by atoms with Gasteiger partial charge in [0.2, 0.25) is 5.13 Å². The van der Waals surface area contributed by atoms with Gasteiger partial charge in [-0.2, -0.15) is 0 Å². The second-order valence-electron chi connectivity index (χ2n) is 9.28. The van der Waals surface area contributed by atoms with E-state index < -0.39 is 17.7 Å². The molecule has 1 saturated heterocycles. The molecule has 0 aliphatic carbocycles. The van der Waals surface area contributed by atoms with Gasteiger partial charge in [-0.05, 0) is 48.7 Å². The van der Waals surface area contributed by atoms with Crippen LogP contribution in [-0.2, 0) is 15.3 Å². The number of anilines is 1. The van der Waals surface area contributed by atoms with Crippen molar-refractivity contribution < 1.29 is 19.4 Å². The van der Waals surface area contributed by atoms with E-state index in [2.05, 4.69) is 16.8 Å². The molecule has 0 saturated carbocycles. The number of carbonyl (C=O) groups excluding carboxylic acids is 2. The second-order valence-corrected chi connectivity index (χ2v) is 11.5. The first-order chi connectivity index (χ1) is 19.4. The van der Waals surface area contributed by atoms with Crippen molar-refractivity contribution in [2.24, 2.45) is 0 Å². The maximum absolute atomic E-state index is 13.5. The fourth-order valence-electron chi connectivity index (χ4n) is 4.46. The molecule has 40 heavy (non-hydrogen) atoms. The number of hydrogen-bond donors (Lipinski definition) is 1. The highest BCUT2D eigenvalue weighted by Gasteiger charge is 2.48. The summed E-state index contributed by atoms with van der Waals surface area (Å²) >= 11 is 2.74. The quantitative estimate of drug-likeness (QED) is 0.0603. The third kappa shape index (κ3) is 5.57. The van der Waals surface area contributed by atoms with E-state index in [4.69, 9.17) is 4.74 Å².